The average Bonchev–Trinajstić information content (AvgIpc) is 2.27. The molecule has 0 saturated carbocycles. The highest BCUT2D eigenvalue weighted by molar-refractivity contribution is 5.99. The summed E-state index contributed by atoms with van der Waals surface area (Å²) in [4.78, 5) is 91.5. The van der Waals surface area contributed by atoms with Crippen LogP contribution in [0.1, 0.15) is 290 Å². The van der Waals surface area contributed by atoms with E-state index in [0.717, 1.165) is 55.2 Å². The first-order valence-electron chi connectivity index (χ1n) is 32.1. The van der Waals surface area contributed by atoms with Crippen molar-refractivity contribution < 1.29 is 71.8 Å². The number of aryl methyl sites for hydroxylation is 2. The number of carbonyl (C=O) groups excluding carboxylic acids is 6. The number of esters is 6. The number of carbonyl (C=O) groups is 7. The molecule has 0 fully saturated rings. The van der Waals surface area contributed by atoms with Gasteiger partial charge in [0.1, 0.15) is 36.9 Å². The third-order valence-corrected chi connectivity index (χ3v) is 15.8. The van der Waals surface area contributed by atoms with Crippen LogP contribution in [0, 0.1) is 20.8 Å². The van der Waals surface area contributed by atoms with Gasteiger partial charge in [-0.3, -0.25) is 28.8 Å². The van der Waals surface area contributed by atoms with E-state index in [2.05, 4.69) is 13.8 Å². The van der Waals surface area contributed by atoms with E-state index in [1.54, 1.807) is 19.9 Å². The molecule has 1 aliphatic rings. The second-order valence-electron chi connectivity index (χ2n) is 24.0. The zero-order chi connectivity index (χ0) is 61.7. The van der Waals surface area contributed by atoms with Crippen molar-refractivity contribution in [1.82, 2.24) is 0 Å². The van der Waals surface area contributed by atoms with Crippen LogP contribution in [0.5, 0.6) is 17.2 Å². The average molecular weight is 1180 g/mol. The number of carboxylic acids is 1. The fourth-order valence-corrected chi connectivity index (χ4v) is 11.1. The van der Waals surface area contributed by atoms with Crippen LogP contribution in [0.25, 0.3) is 0 Å². The molecule has 1 aliphatic heterocycles. The molecular weight excluding hydrogens is 1070 g/mol. The number of hydrogen-bond acceptors (Lipinski definition) is 14. The van der Waals surface area contributed by atoms with Crippen molar-refractivity contribution in [3.8, 4) is 17.2 Å². The lowest BCUT2D eigenvalue weighted by molar-refractivity contribution is -0.167. The topological polar surface area (TPSA) is 204 Å². The Kier molecular flexibility index (Phi) is 35.7. The van der Waals surface area contributed by atoms with Gasteiger partial charge in [-0.25, -0.2) is 4.79 Å². The third kappa shape index (κ3) is 28.4. The first-order chi connectivity index (χ1) is 40.3. The van der Waals surface area contributed by atoms with Gasteiger partial charge in [-0.15, -0.1) is 0 Å². The number of fused-ring (bicyclic) bond motifs is 1. The molecule has 0 radical (unpaired) electrons. The van der Waals surface area contributed by atoms with Crippen molar-refractivity contribution in [2.75, 3.05) is 20.3 Å². The molecule has 0 spiro atoms. The molecule has 0 amide bonds. The molecule has 15 nitrogen and oxygen atoms in total. The number of ether oxygens (including phenoxy) is 7. The van der Waals surface area contributed by atoms with Crippen LogP contribution >= 0.6 is 0 Å². The highest BCUT2D eigenvalue weighted by Gasteiger charge is 2.37. The minimum atomic E-state index is -1.08. The Bertz CT molecular complexity index is 2350. The van der Waals surface area contributed by atoms with E-state index in [9.17, 15) is 38.7 Å². The zero-order valence-electron chi connectivity index (χ0n) is 53.1. The maximum absolute atomic E-state index is 14.2. The van der Waals surface area contributed by atoms with E-state index < -0.39 is 53.3 Å². The Balaban J connectivity index is 1.63. The SMILES string of the molecule is CCCCCCCCCCCCCCCC(=O)OCC(COC(=O)CCCCCCCCCCCCCCC)OC(=O)CCC(=O)Oc1cc(C)cc(C)c1C(C)(C)CC(=O)Oc1c(C/C=C(\C)CCC(=O)O)c(OC)c(C)c2c1C(=O)OC2. The molecule has 84 heavy (non-hydrogen) atoms. The summed E-state index contributed by atoms with van der Waals surface area (Å²) in [6.07, 6.45) is 31.4. The van der Waals surface area contributed by atoms with Crippen molar-refractivity contribution in [2.45, 2.75) is 292 Å². The molecule has 0 unspecified atom stereocenters. The van der Waals surface area contributed by atoms with Gasteiger partial charge in [-0.05, 0) is 76.1 Å². The van der Waals surface area contributed by atoms with Crippen LogP contribution in [0.3, 0.4) is 0 Å². The molecular formula is C69H106O15. The van der Waals surface area contributed by atoms with Gasteiger partial charge in [0.25, 0.3) is 0 Å². The minimum absolute atomic E-state index is 0.00538. The normalized spacial score (nSPS) is 12.3. The summed E-state index contributed by atoms with van der Waals surface area (Å²) in [5, 5.41) is 9.23. The second-order valence-corrected chi connectivity index (χ2v) is 24.0. The fraction of sp³-hybridized carbons (Fsp3) is 0.696. The number of aliphatic carboxylic acids is 1. The number of unbranched alkanes of at least 4 members (excludes halogenated alkanes) is 24. The Morgan fingerprint density at radius 1 is 0.595 bits per heavy atom. The number of hydrogen-bond donors (Lipinski definition) is 1. The van der Waals surface area contributed by atoms with E-state index in [-0.39, 0.29) is 81.8 Å². The van der Waals surface area contributed by atoms with Gasteiger partial charge in [0.2, 0.25) is 0 Å². The van der Waals surface area contributed by atoms with E-state index in [4.69, 9.17) is 33.2 Å². The molecule has 2 aromatic carbocycles. The van der Waals surface area contributed by atoms with Crippen molar-refractivity contribution in [1.29, 1.82) is 0 Å². The third-order valence-electron chi connectivity index (χ3n) is 15.8. The first-order valence-corrected chi connectivity index (χ1v) is 32.1. The smallest absolute Gasteiger partial charge is 0.342 e. The number of rotatable bonds is 47. The molecule has 0 aliphatic carbocycles. The summed E-state index contributed by atoms with van der Waals surface area (Å²) in [7, 11) is 1.48. The van der Waals surface area contributed by atoms with Crippen molar-refractivity contribution in [3.05, 3.63) is 62.7 Å². The summed E-state index contributed by atoms with van der Waals surface area (Å²) in [6, 6.07) is 3.59. The fourth-order valence-electron chi connectivity index (χ4n) is 11.1. The van der Waals surface area contributed by atoms with E-state index in [1.165, 1.54) is 123 Å². The minimum Gasteiger partial charge on any atom is -0.496 e. The molecule has 472 valence electrons. The molecule has 3 rings (SSSR count). The summed E-state index contributed by atoms with van der Waals surface area (Å²) in [6.45, 7) is 14.7. The van der Waals surface area contributed by atoms with E-state index in [0.29, 0.717) is 47.3 Å². The largest absolute Gasteiger partial charge is 0.496 e. The van der Waals surface area contributed by atoms with Gasteiger partial charge in [-0.1, -0.05) is 200 Å². The van der Waals surface area contributed by atoms with Crippen LogP contribution < -0.4 is 14.2 Å². The standard InChI is InChI=1S/C69H106O15/c1-10-12-14-16-18-20-22-24-26-28-30-32-34-36-59(72)79-47-54(48-80-60(73)37-35-33-31-29-27-25-23-21-19-17-15-13-11-2)82-61(74)42-43-62(75)83-57-45-51(4)44-52(5)65(57)69(7,8)46-63(76)84-67-55(40-38-50(3)39-41-58(70)71)66(78-9)53(6)56-49-81-68(77)64(56)67/h38,44-45,54H,10-37,39-43,46-49H2,1-9H3,(H,70,71)/b50-38+. The molecule has 1 heterocycles. The van der Waals surface area contributed by atoms with Crippen LogP contribution in [0.2, 0.25) is 0 Å². The van der Waals surface area contributed by atoms with E-state index in [1.807, 2.05) is 39.8 Å². The Labute approximate surface area is 503 Å². The molecule has 15 heteroatoms. The van der Waals surface area contributed by atoms with Crippen molar-refractivity contribution in [3.63, 3.8) is 0 Å². The highest BCUT2D eigenvalue weighted by Crippen LogP contribution is 2.44. The summed E-state index contributed by atoms with van der Waals surface area (Å²) < 4.78 is 40.1. The lowest BCUT2D eigenvalue weighted by Crippen LogP contribution is -2.31. The summed E-state index contributed by atoms with van der Waals surface area (Å²) in [5.41, 5.74) is 3.58. The maximum atomic E-state index is 14.2. The number of allylic oxidation sites excluding steroid dienone is 2. The van der Waals surface area contributed by atoms with Crippen LogP contribution in [-0.2, 0) is 66.2 Å². The van der Waals surface area contributed by atoms with Gasteiger partial charge < -0.3 is 38.3 Å². The molecule has 0 atom stereocenters. The number of carboxylic acid groups (broad SMARTS) is 1. The first kappa shape index (κ1) is 72.5. The molecule has 2 aromatic rings. The Morgan fingerprint density at radius 2 is 1.07 bits per heavy atom. The van der Waals surface area contributed by atoms with E-state index >= 15 is 0 Å². The predicted octanol–water partition coefficient (Wildman–Crippen LogP) is 16.6. The predicted molar refractivity (Wildman–Crippen MR) is 328 cm³/mol. The number of methoxy groups -OCH3 is 1. The molecule has 0 saturated heterocycles. The van der Waals surface area contributed by atoms with Gasteiger partial charge in [0.15, 0.2) is 11.9 Å². The number of cyclic esters (lactones) is 1. The quantitative estimate of drug-likeness (QED) is 0.0215. The lowest BCUT2D eigenvalue weighted by atomic mass is 9.78. The van der Waals surface area contributed by atoms with Gasteiger partial charge in [-0.2, -0.15) is 0 Å². The Hall–Kier alpha value is -5.73. The highest BCUT2D eigenvalue weighted by atomic mass is 16.6. The van der Waals surface area contributed by atoms with Gasteiger partial charge in [0.05, 0.1) is 26.4 Å². The molecule has 1 N–H and O–H groups in total. The Morgan fingerprint density at radius 3 is 1.55 bits per heavy atom. The summed E-state index contributed by atoms with van der Waals surface area (Å²) >= 11 is 0. The summed E-state index contributed by atoms with van der Waals surface area (Å²) in [5.74, 6) is -4.02. The van der Waals surface area contributed by atoms with Crippen LogP contribution in [0.4, 0.5) is 0 Å². The van der Waals surface area contributed by atoms with Gasteiger partial charge >= 0.3 is 41.8 Å². The number of benzene rings is 2. The lowest BCUT2D eigenvalue weighted by Gasteiger charge is -2.29. The van der Waals surface area contributed by atoms with Crippen LogP contribution in [-0.4, -0.2) is 73.3 Å². The zero-order valence-corrected chi connectivity index (χ0v) is 53.1. The maximum Gasteiger partial charge on any atom is 0.342 e. The molecule has 0 bridgehead atoms. The monoisotopic (exact) mass is 1170 g/mol. The van der Waals surface area contributed by atoms with Crippen LogP contribution in [0.15, 0.2) is 23.8 Å². The second kappa shape index (κ2) is 41.3. The van der Waals surface area contributed by atoms with Gasteiger partial charge in [0, 0.05) is 41.4 Å². The van der Waals surface area contributed by atoms with Crippen molar-refractivity contribution in [2.24, 2.45) is 0 Å². The molecule has 0 aromatic heterocycles. The van der Waals surface area contributed by atoms with Crippen molar-refractivity contribution >= 4 is 41.8 Å².